The van der Waals surface area contributed by atoms with Gasteiger partial charge in [-0.2, -0.15) is 0 Å². The van der Waals surface area contributed by atoms with Gasteiger partial charge in [0.25, 0.3) is 0 Å². The van der Waals surface area contributed by atoms with E-state index in [2.05, 4.69) is 34.7 Å². The second-order valence-corrected chi connectivity index (χ2v) is 3.32. The van der Waals surface area contributed by atoms with Crippen LogP contribution in [0.25, 0.3) is 0 Å². The van der Waals surface area contributed by atoms with Crippen molar-refractivity contribution in [1.29, 1.82) is 0 Å². The van der Waals surface area contributed by atoms with E-state index < -0.39 is 0 Å². The molecule has 0 heterocycles. The van der Waals surface area contributed by atoms with Gasteiger partial charge in [0.05, 0.1) is 0 Å². The first-order valence-electron chi connectivity index (χ1n) is 4.71. The number of rotatable bonds is 5. The molecule has 0 unspecified atom stereocenters. The Bertz CT molecular complexity index is 198. The topological polar surface area (TPSA) is 0 Å². The van der Waals surface area contributed by atoms with E-state index in [0.717, 1.165) is 6.42 Å². The first-order chi connectivity index (χ1) is 6.31. The van der Waals surface area contributed by atoms with Gasteiger partial charge in [0, 0.05) is 24.2 Å². The summed E-state index contributed by atoms with van der Waals surface area (Å²) in [5.74, 6) is 5.86. The van der Waals surface area contributed by atoms with Gasteiger partial charge in [0.2, 0.25) is 0 Å². The average Bonchev–Trinajstić information content (AvgIpc) is 2.16. The lowest BCUT2D eigenvalue weighted by Crippen LogP contribution is -1.73. The van der Waals surface area contributed by atoms with Crippen LogP contribution < -0.4 is 0 Å². The molecule has 0 N–H and O–H groups in total. The van der Waals surface area contributed by atoms with Crippen molar-refractivity contribution in [2.75, 3.05) is 0 Å². The Kier molecular flexibility index (Phi) is 9.58. The summed E-state index contributed by atoms with van der Waals surface area (Å²) < 4.78 is 12.5. The van der Waals surface area contributed by atoms with Gasteiger partial charge in [-0.1, -0.05) is 35.7 Å². The number of unbranched alkanes of at least 4 members (excludes halogenated alkanes) is 3. The number of hydrogen-bond donors (Lipinski definition) is 0. The normalized spacial score (nSPS) is 10.8. The molecule has 0 nitrogen and oxygen atoms in total. The summed E-state index contributed by atoms with van der Waals surface area (Å²) >= 11 is 2.93. The van der Waals surface area contributed by atoms with Crippen LogP contribution in [0.2, 0.25) is 0 Å². The first kappa shape index (κ1) is 12.7. The lowest BCUT2D eigenvalue weighted by molar-refractivity contribution is 0.597. The second-order valence-electron chi connectivity index (χ2n) is 2.87. The highest BCUT2D eigenvalue weighted by Crippen LogP contribution is 2.07. The SMILES string of the molecule is CCCCCC#CCC/C(F)=C/Br. The fourth-order valence-corrected chi connectivity index (χ4v) is 1.11. The summed E-state index contributed by atoms with van der Waals surface area (Å²) in [6.45, 7) is 2.17. The van der Waals surface area contributed by atoms with Crippen molar-refractivity contribution < 1.29 is 4.39 Å². The molecule has 0 aliphatic heterocycles. The summed E-state index contributed by atoms with van der Waals surface area (Å²) in [5, 5.41) is 0. The van der Waals surface area contributed by atoms with Gasteiger partial charge >= 0.3 is 0 Å². The van der Waals surface area contributed by atoms with Crippen molar-refractivity contribution in [2.24, 2.45) is 0 Å². The highest BCUT2D eigenvalue weighted by Gasteiger charge is 1.89. The Hall–Kier alpha value is -0.290. The summed E-state index contributed by atoms with van der Waals surface area (Å²) in [5.41, 5.74) is 0. The maximum Gasteiger partial charge on any atom is 0.108 e. The molecule has 0 aromatic carbocycles. The van der Waals surface area contributed by atoms with Crippen LogP contribution in [0.4, 0.5) is 4.39 Å². The Morgan fingerprint density at radius 3 is 2.62 bits per heavy atom. The molecule has 0 rings (SSSR count). The predicted molar refractivity (Wildman–Crippen MR) is 59.3 cm³/mol. The van der Waals surface area contributed by atoms with Crippen LogP contribution in [-0.4, -0.2) is 0 Å². The largest absolute Gasteiger partial charge is 0.211 e. The van der Waals surface area contributed by atoms with E-state index >= 15 is 0 Å². The van der Waals surface area contributed by atoms with Gasteiger partial charge in [-0.25, -0.2) is 4.39 Å². The van der Waals surface area contributed by atoms with E-state index in [1.165, 1.54) is 24.2 Å². The summed E-state index contributed by atoms with van der Waals surface area (Å²) in [6.07, 6.45) is 5.63. The van der Waals surface area contributed by atoms with E-state index in [0.29, 0.717) is 12.8 Å². The quantitative estimate of drug-likeness (QED) is 0.493. The molecule has 74 valence electrons. The fourth-order valence-electron chi connectivity index (χ4n) is 0.877. The van der Waals surface area contributed by atoms with Gasteiger partial charge in [0.1, 0.15) is 5.83 Å². The molecular formula is C11H16BrF. The summed E-state index contributed by atoms with van der Waals surface area (Å²) in [6, 6.07) is 0. The van der Waals surface area contributed by atoms with Crippen LogP contribution in [0.5, 0.6) is 0 Å². The molecule has 0 aliphatic rings. The maximum absolute atomic E-state index is 12.5. The summed E-state index contributed by atoms with van der Waals surface area (Å²) in [7, 11) is 0. The molecule has 0 saturated carbocycles. The lowest BCUT2D eigenvalue weighted by Gasteiger charge is -1.89. The van der Waals surface area contributed by atoms with Gasteiger partial charge in [-0.05, 0) is 6.42 Å². The van der Waals surface area contributed by atoms with Crippen LogP contribution in [0, 0.1) is 11.8 Å². The molecule has 0 bridgehead atoms. The standard InChI is InChI=1S/C11H16BrF/c1-2-3-4-5-6-7-8-9-11(13)10-12/h10H,2-5,8-9H2,1H3/b11-10-. The Labute approximate surface area is 88.7 Å². The molecule has 0 amide bonds. The van der Waals surface area contributed by atoms with Crippen molar-refractivity contribution in [3.8, 4) is 11.8 Å². The Morgan fingerprint density at radius 2 is 2.00 bits per heavy atom. The van der Waals surface area contributed by atoms with Crippen molar-refractivity contribution in [3.05, 3.63) is 10.8 Å². The predicted octanol–water partition coefficient (Wildman–Crippen LogP) is 4.56. The average molecular weight is 247 g/mol. The number of hydrogen-bond acceptors (Lipinski definition) is 0. The van der Waals surface area contributed by atoms with E-state index in [4.69, 9.17) is 0 Å². The Morgan fingerprint density at radius 1 is 1.31 bits per heavy atom. The number of halogens is 2. The Balaban J connectivity index is 3.30. The highest BCUT2D eigenvalue weighted by molar-refractivity contribution is 9.11. The fraction of sp³-hybridized carbons (Fsp3) is 0.636. The van der Waals surface area contributed by atoms with Crippen LogP contribution in [0.1, 0.15) is 45.4 Å². The van der Waals surface area contributed by atoms with Crippen LogP contribution >= 0.6 is 15.9 Å². The van der Waals surface area contributed by atoms with Crippen LogP contribution in [-0.2, 0) is 0 Å². The van der Waals surface area contributed by atoms with Gasteiger partial charge in [-0.3, -0.25) is 0 Å². The second kappa shape index (κ2) is 9.80. The zero-order chi connectivity index (χ0) is 9.94. The first-order valence-corrected chi connectivity index (χ1v) is 5.63. The van der Waals surface area contributed by atoms with Gasteiger partial charge in [0.15, 0.2) is 0 Å². The van der Waals surface area contributed by atoms with E-state index in [1.807, 2.05) is 0 Å². The molecule has 13 heavy (non-hydrogen) atoms. The summed E-state index contributed by atoms with van der Waals surface area (Å²) in [4.78, 5) is 1.31. The lowest BCUT2D eigenvalue weighted by atomic mass is 10.2. The molecular weight excluding hydrogens is 231 g/mol. The van der Waals surface area contributed by atoms with E-state index in [-0.39, 0.29) is 5.83 Å². The third kappa shape index (κ3) is 9.63. The minimum Gasteiger partial charge on any atom is -0.211 e. The minimum atomic E-state index is -0.136. The zero-order valence-corrected chi connectivity index (χ0v) is 9.66. The minimum absolute atomic E-state index is 0.136. The van der Waals surface area contributed by atoms with Crippen LogP contribution in [0.3, 0.4) is 0 Å². The molecule has 0 fully saturated rings. The highest BCUT2D eigenvalue weighted by atomic mass is 79.9. The molecule has 0 atom stereocenters. The van der Waals surface area contributed by atoms with Crippen molar-refractivity contribution in [3.63, 3.8) is 0 Å². The monoisotopic (exact) mass is 246 g/mol. The smallest absolute Gasteiger partial charge is 0.108 e. The van der Waals surface area contributed by atoms with E-state index in [9.17, 15) is 4.39 Å². The maximum atomic E-state index is 12.5. The van der Waals surface area contributed by atoms with E-state index in [1.54, 1.807) is 0 Å². The molecule has 0 aromatic rings. The van der Waals surface area contributed by atoms with Gasteiger partial charge in [-0.15, -0.1) is 11.8 Å². The van der Waals surface area contributed by atoms with Crippen molar-refractivity contribution in [2.45, 2.75) is 45.4 Å². The molecule has 0 saturated heterocycles. The van der Waals surface area contributed by atoms with Gasteiger partial charge < -0.3 is 0 Å². The molecule has 0 spiro atoms. The molecule has 0 aromatic heterocycles. The van der Waals surface area contributed by atoms with Crippen LogP contribution in [0.15, 0.2) is 10.8 Å². The van der Waals surface area contributed by atoms with Crippen molar-refractivity contribution in [1.82, 2.24) is 0 Å². The molecule has 2 heteroatoms. The number of allylic oxidation sites excluding steroid dienone is 1. The molecule has 0 aliphatic carbocycles. The third-order valence-corrected chi connectivity index (χ3v) is 2.13. The zero-order valence-electron chi connectivity index (χ0n) is 8.08. The van der Waals surface area contributed by atoms with Crippen molar-refractivity contribution >= 4 is 15.9 Å². The molecule has 0 radical (unpaired) electrons. The third-order valence-electron chi connectivity index (χ3n) is 1.64.